The monoisotopic (exact) mass is 262 g/mol. The summed E-state index contributed by atoms with van der Waals surface area (Å²) in [4.78, 5) is 12.0. The number of anilines is 1. The number of nitrogen functional groups attached to an aromatic ring is 1. The Morgan fingerprint density at radius 1 is 1.17 bits per heavy atom. The predicted molar refractivity (Wildman–Crippen MR) is 75.9 cm³/mol. The second-order valence-corrected chi connectivity index (χ2v) is 4.57. The molecule has 2 rings (SSSR count). The van der Waals surface area contributed by atoms with Gasteiger partial charge in [-0.05, 0) is 36.2 Å². The maximum absolute atomic E-state index is 12.0. The zero-order valence-corrected chi connectivity index (χ0v) is 10.9. The molecule has 0 fully saturated rings. The molecule has 0 bridgehead atoms. The van der Waals surface area contributed by atoms with E-state index in [0.717, 1.165) is 17.7 Å². The highest BCUT2D eigenvalue weighted by Gasteiger charge is 2.08. The number of pyridine rings is 1. The SMILES string of the molecule is CCCn1c(-c2ccc(Cl)cc2)ccc(N)c1=O. The lowest BCUT2D eigenvalue weighted by Crippen LogP contribution is -2.24. The third kappa shape index (κ3) is 2.41. The molecule has 1 heterocycles. The number of hydrogen-bond donors (Lipinski definition) is 1. The first-order valence-corrected chi connectivity index (χ1v) is 6.26. The fourth-order valence-corrected chi connectivity index (χ4v) is 2.04. The van der Waals surface area contributed by atoms with Gasteiger partial charge in [-0.25, -0.2) is 0 Å². The number of benzene rings is 1. The van der Waals surface area contributed by atoms with Crippen molar-refractivity contribution in [2.24, 2.45) is 0 Å². The van der Waals surface area contributed by atoms with Gasteiger partial charge < -0.3 is 10.3 Å². The van der Waals surface area contributed by atoms with Crippen LogP contribution in [0.5, 0.6) is 0 Å². The third-order valence-corrected chi connectivity index (χ3v) is 3.04. The quantitative estimate of drug-likeness (QED) is 0.924. The van der Waals surface area contributed by atoms with Crippen LogP contribution in [0.25, 0.3) is 11.3 Å². The van der Waals surface area contributed by atoms with Crippen molar-refractivity contribution in [3.63, 3.8) is 0 Å². The summed E-state index contributed by atoms with van der Waals surface area (Å²) in [6.07, 6.45) is 0.879. The van der Waals surface area contributed by atoms with E-state index in [1.54, 1.807) is 10.6 Å². The Labute approximate surface area is 111 Å². The van der Waals surface area contributed by atoms with E-state index < -0.39 is 0 Å². The molecule has 0 aliphatic rings. The molecule has 0 atom stereocenters. The minimum atomic E-state index is -0.135. The van der Waals surface area contributed by atoms with Crippen LogP contribution in [0.2, 0.25) is 5.02 Å². The largest absolute Gasteiger partial charge is 0.394 e. The van der Waals surface area contributed by atoms with Gasteiger partial charge >= 0.3 is 0 Å². The highest BCUT2D eigenvalue weighted by Crippen LogP contribution is 2.21. The topological polar surface area (TPSA) is 48.0 Å². The number of nitrogens with zero attached hydrogens (tertiary/aromatic N) is 1. The first-order chi connectivity index (χ1) is 8.63. The molecule has 94 valence electrons. The summed E-state index contributed by atoms with van der Waals surface area (Å²) in [7, 11) is 0. The molecule has 3 nitrogen and oxygen atoms in total. The van der Waals surface area contributed by atoms with Gasteiger partial charge in [-0.3, -0.25) is 4.79 Å². The number of hydrogen-bond acceptors (Lipinski definition) is 2. The summed E-state index contributed by atoms with van der Waals surface area (Å²) in [5.41, 5.74) is 7.64. The van der Waals surface area contributed by atoms with Gasteiger partial charge in [0.1, 0.15) is 0 Å². The Bertz CT molecular complexity index is 602. The van der Waals surface area contributed by atoms with E-state index in [9.17, 15) is 4.79 Å². The van der Waals surface area contributed by atoms with Gasteiger partial charge in [0.2, 0.25) is 0 Å². The molecule has 4 heteroatoms. The molecule has 0 saturated heterocycles. The van der Waals surface area contributed by atoms with Crippen molar-refractivity contribution in [2.75, 3.05) is 5.73 Å². The van der Waals surface area contributed by atoms with E-state index in [-0.39, 0.29) is 11.2 Å². The van der Waals surface area contributed by atoms with Crippen molar-refractivity contribution >= 4 is 17.3 Å². The summed E-state index contributed by atoms with van der Waals surface area (Å²) in [6, 6.07) is 11.0. The van der Waals surface area contributed by atoms with Gasteiger partial charge in [-0.1, -0.05) is 30.7 Å². The van der Waals surface area contributed by atoms with E-state index in [1.165, 1.54) is 0 Å². The number of aromatic nitrogens is 1. The Hall–Kier alpha value is -1.74. The average Bonchev–Trinajstić information content (AvgIpc) is 2.37. The summed E-state index contributed by atoms with van der Waals surface area (Å²) in [6.45, 7) is 2.68. The third-order valence-electron chi connectivity index (χ3n) is 2.79. The van der Waals surface area contributed by atoms with E-state index in [2.05, 4.69) is 0 Å². The molecule has 18 heavy (non-hydrogen) atoms. The van der Waals surface area contributed by atoms with Gasteiger partial charge in [0, 0.05) is 11.6 Å². The standard InChI is InChI=1S/C14H15ClN2O/c1-2-9-17-13(8-7-12(16)14(17)18)10-3-5-11(15)6-4-10/h3-8H,2,9,16H2,1H3. The molecule has 1 aromatic carbocycles. The van der Waals surface area contributed by atoms with E-state index >= 15 is 0 Å². The Kier molecular flexibility index (Phi) is 3.72. The lowest BCUT2D eigenvalue weighted by Gasteiger charge is -2.13. The fourth-order valence-electron chi connectivity index (χ4n) is 1.91. The van der Waals surface area contributed by atoms with Gasteiger partial charge in [0.05, 0.1) is 11.4 Å². The molecule has 0 radical (unpaired) electrons. The van der Waals surface area contributed by atoms with Crippen molar-refractivity contribution in [1.29, 1.82) is 0 Å². The van der Waals surface area contributed by atoms with Crippen LogP contribution in [0, 0.1) is 0 Å². The van der Waals surface area contributed by atoms with E-state index in [0.29, 0.717) is 11.6 Å². The molecule has 2 aromatic rings. The molecule has 0 spiro atoms. The average molecular weight is 263 g/mol. The Morgan fingerprint density at radius 3 is 2.44 bits per heavy atom. The zero-order chi connectivity index (χ0) is 13.1. The van der Waals surface area contributed by atoms with Gasteiger partial charge in [-0.2, -0.15) is 0 Å². The van der Waals surface area contributed by atoms with Gasteiger partial charge in [0.25, 0.3) is 5.56 Å². The zero-order valence-electron chi connectivity index (χ0n) is 10.2. The smallest absolute Gasteiger partial charge is 0.274 e. The molecule has 2 N–H and O–H groups in total. The molecule has 1 aromatic heterocycles. The predicted octanol–water partition coefficient (Wildman–Crippen LogP) is 3.16. The normalized spacial score (nSPS) is 10.6. The van der Waals surface area contributed by atoms with Crippen LogP contribution in [0.3, 0.4) is 0 Å². The summed E-state index contributed by atoms with van der Waals surface area (Å²) in [5, 5.41) is 0.679. The van der Waals surface area contributed by atoms with Crippen molar-refractivity contribution in [1.82, 2.24) is 4.57 Å². The Morgan fingerprint density at radius 2 is 1.83 bits per heavy atom. The van der Waals surface area contributed by atoms with Crippen LogP contribution >= 0.6 is 11.6 Å². The van der Waals surface area contributed by atoms with Crippen LogP contribution in [0.4, 0.5) is 5.69 Å². The number of nitrogens with two attached hydrogens (primary N) is 1. The van der Waals surface area contributed by atoms with Crippen LogP contribution in [0.1, 0.15) is 13.3 Å². The molecule has 0 aliphatic carbocycles. The lowest BCUT2D eigenvalue weighted by atomic mass is 10.1. The summed E-state index contributed by atoms with van der Waals surface area (Å²) >= 11 is 5.87. The number of halogens is 1. The van der Waals surface area contributed by atoms with Crippen molar-refractivity contribution < 1.29 is 0 Å². The maximum atomic E-state index is 12.0. The highest BCUT2D eigenvalue weighted by atomic mass is 35.5. The molecule has 0 aliphatic heterocycles. The second kappa shape index (κ2) is 5.27. The van der Waals surface area contributed by atoms with Crippen LogP contribution in [0.15, 0.2) is 41.2 Å². The van der Waals surface area contributed by atoms with Crippen molar-refractivity contribution in [3.05, 3.63) is 51.8 Å². The first-order valence-electron chi connectivity index (χ1n) is 5.88. The van der Waals surface area contributed by atoms with Crippen LogP contribution < -0.4 is 11.3 Å². The van der Waals surface area contributed by atoms with Crippen molar-refractivity contribution in [2.45, 2.75) is 19.9 Å². The first kappa shape index (κ1) is 12.7. The molecule has 0 saturated carbocycles. The lowest BCUT2D eigenvalue weighted by molar-refractivity contribution is 0.663. The minimum absolute atomic E-state index is 0.135. The Balaban J connectivity index is 2.60. The van der Waals surface area contributed by atoms with Crippen LogP contribution in [-0.2, 0) is 6.54 Å². The van der Waals surface area contributed by atoms with Crippen molar-refractivity contribution in [3.8, 4) is 11.3 Å². The molecular weight excluding hydrogens is 248 g/mol. The molecule has 0 amide bonds. The summed E-state index contributed by atoms with van der Waals surface area (Å²) < 4.78 is 1.71. The van der Waals surface area contributed by atoms with Gasteiger partial charge in [0.15, 0.2) is 0 Å². The molecule has 0 unspecified atom stereocenters. The van der Waals surface area contributed by atoms with E-state index in [1.807, 2.05) is 37.3 Å². The minimum Gasteiger partial charge on any atom is -0.394 e. The number of rotatable bonds is 3. The fraction of sp³-hybridized carbons (Fsp3) is 0.214. The van der Waals surface area contributed by atoms with E-state index in [4.69, 9.17) is 17.3 Å². The second-order valence-electron chi connectivity index (χ2n) is 4.14. The van der Waals surface area contributed by atoms with Crippen LogP contribution in [-0.4, -0.2) is 4.57 Å². The van der Waals surface area contributed by atoms with Gasteiger partial charge in [-0.15, -0.1) is 0 Å². The summed E-state index contributed by atoms with van der Waals surface area (Å²) in [5.74, 6) is 0. The maximum Gasteiger partial charge on any atom is 0.274 e. The highest BCUT2D eigenvalue weighted by molar-refractivity contribution is 6.30. The molecular formula is C14H15ClN2O.